The number of aromatic amines is 2. The Labute approximate surface area is 149 Å². The zero-order chi connectivity index (χ0) is 18.9. The highest BCUT2D eigenvalue weighted by Gasteiger charge is 2.18. The predicted molar refractivity (Wildman–Crippen MR) is 98.2 cm³/mol. The summed E-state index contributed by atoms with van der Waals surface area (Å²) in [6.07, 6.45) is 0.978. The second-order valence-electron chi connectivity index (χ2n) is 6.03. The van der Waals surface area contributed by atoms with Crippen molar-refractivity contribution in [3.05, 3.63) is 68.9 Å². The molecule has 1 atom stereocenters. The largest absolute Gasteiger partial charge is 0.379 e. The third kappa shape index (κ3) is 3.55. The molecule has 0 spiro atoms. The molecule has 0 amide bonds. The van der Waals surface area contributed by atoms with Crippen LogP contribution < -0.4 is 15.4 Å². The van der Waals surface area contributed by atoms with Gasteiger partial charge < -0.3 is 9.17 Å². The second kappa shape index (κ2) is 6.80. The molecule has 2 aromatic carbocycles. The van der Waals surface area contributed by atoms with Crippen LogP contribution in [0, 0.1) is 0 Å². The molecule has 0 saturated carbocycles. The van der Waals surface area contributed by atoms with E-state index in [-0.39, 0.29) is 21.5 Å². The van der Waals surface area contributed by atoms with Crippen LogP contribution in [0.2, 0.25) is 0 Å². The first kappa shape index (κ1) is 17.9. The number of hydrogen-bond donors (Lipinski definition) is 2. The van der Waals surface area contributed by atoms with Gasteiger partial charge in [0, 0.05) is 0 Å². The molecule has 1 heterocycles. The van der Waals surface area contributed by atoms with Crippen LogP contribution >= 0.6 is 0 Å². The molecule has 1 aromatic heterocycles. The maximum atomic E-state index is 12.5. The van der Waals surface area contributed by atoms with Gasteiger partial charge in [-0.2, -0.15) is 8.42 Å². The van der Waals surface area contributed by atoms with Gasteiger partial charge in [-0.15, -0.1) is 0 Å². The van der Waals surface area contributed by atoms with Gasteiger partial charge in [0.15, 0.2) is 0 Å². The smallest absolute Gasteiger partial charge is 0.339 e. The van der Waals surface area contributed by atoms with Crippen molar-refractivity contribution in [2.45, 2.75) is 31.1 Å². The number of benzene rings is 2. The lowest BCUT2D eigenvalue weighted by molar-refractivity contribution is 0.486. The predicted octanol–water partition coefficient (Wildman–Crippen LogP) is 2.50. The molecule has 0 aliphatic heterocycles. The van der Waals surface area contributed by atoms with Crippen LogP contribution in [-0.4, -0.2) is 18.4 Å². The van der Waals surface area contributed by atoms with Gasteiger partial charge in [0.25, 0.3) is 5.56 Å². The summed E-state index contributed by atoms with van der Waals surface area (Å²) in [5.41, 5.74) is 0.0171. The Morgan fingerprint density at radius 2 is 1.73 bits per heavy atom. The van der Waals surface area contributed by atoms with Crippen LogP contribution in [0.4, 0.5) is 0 Å². The molecule has 3 aromatic rings. The zero-order valence-corrected chi connectivity index (χ0v) is 15.1. The normalized spacial score (nSPS) is 12.8. The van der Waals surface area contributed by atoms with Crippen molar-refractivity contribution in [2.24, 2.45) is 0 Å². The third-order valence-electron chi connectivity index (χ3n) is 4.27. The second-order valence-corrected chi connectivity index (χ2v) is 7.58. The molecule has 136 valence electrons. The van der Waals surface area contributed by atoms with E-state index in [0.717, 1.165) is 12.0 Å². The van der Waals surface area contributed by atoms with Crippen molar-refractivity contribution < 1.29 is 12.6 Å². The molecule has 0 aliphatic carbocycles. The van der Waals surface area contributed by atoms with Gasteiger partial charge in [-0.05, 0) is 48.2 Å². The first-order valence-corrected chi connectivity index (χ1v) is 9.52. The third-order valence-corrected chi connectivity index (χ3v) is 5.51. The SMILES string of the molecule is CCC(C)c1ccc(OS(=O)(=O)c2ccc3[nH]c(=O)[nH]c(=O)c3c2)cc1. The molecule has 3 rings (SSSR count). The summed E-state index contributed by atoms with van der Waals surface area (Å²) in [6, 6.07) is 10.7. The highest BCUT2D eigenvalue weighted by molar-refractivity contribution is 7.87. The van der Waals surface area contributed by atoms with Gasteiger partial charge in [0.05, 0.1) is 10.9 Å². The Kier molecular flexibility index (Phi) is 4.69. The lowest BCUT2D eigenvalue weighted by Crippen LogP contribution is -2.22. The molecule has 0 saturated heterocycles. The minimum absolute atomic E-state index is 0.0568. The van der Waals surface area contributed by atoms with E-state index in [0.29, 0.717) is 5.92 Å². The molecule has 7 nitrogen and oxygen atoms in total. The summed E-state index contributed by atoms with van der Waals surface area (Å²) in [7, 11) is -4.12. The van der Waals surface area contributed by atoms with Gasteiger partial charge in [-0.3, -0.25) is 9.78 Å². The van der Waals surface area contributed by atoms with Crippen LogP contribution in [0.1, 0.15) is 31.7 Å². The summed E-state index contributed by atoms with van der Waals surface area (Å²) in [5, 5.41) is 0.0568. The quantitative estimate of drug-likeness (QED) is 0.667. The Balaban J connectivity index is 1.94. The van der Waals surface area contributed by atoms with E-state index in [1.54, 1.807) is 12.1 Å². The van der Waals surface area contributed by atoms with E-state index in [1.165, 1.54) is 18.2 Å². The van der Waals surface area contributed by atoms with Crippen LogP contribution in [0.15, 0.2) is 56.9 Å². The van der Waals surface area contributed by atoms with Gasteiger partial charge in [0.2, 0.25) is 0 Å². The minimum Gasteiger partial charge on any atom is -0.379 e. The van der Waals surface area contributed by atoms with Crippen LogP contribution in [-0.2, 0) is 10.1 Å². The molecular formula is C18H18N2O5S. The van der Waals surface area contributed by atoms with Gasteiger partial charge in [-0.25, -0.2) is 4.79 Å². The lowest BCUT2D eigenvalue weighted by Gasteiger charge is -2.11. The van der Waals surface area contributed by atoms with Crippen molar-refractivity contribution in [3.63, 3.8) is 0 Å². The maximum Gasteiger partial charge on any atom is 0.339 e. The van der Waals surface area contributed by atoms with Gasteiger partial charge in [-0.1, -0.05) is 26.0 Å². The summed E-state index contributed by atoms with van der Waals surface area (Å²) >= 11 is 0. The van der Waals surface area contributed by atoms with E-state index in [1.807, 2.05) is 12.1 Å². The topological polar surface area (TPSA) is 109 Å². The fraction of sp³-hybridized carbons (Fsp3) is 0.222. The van der Waals surface area contributed by atoms with E-state index in [9.17, 15) is 18.0 Å². The number of aromatic nitrogens is 2. The maximum absolute atomic E-state index is 12.5. The van der Waals surface area contributed by atoms with Crippen molar-refractivity contribution in [1.82, 2.24) is 9.97 Å². The molecule has 26 heavy (non-hydrogen) atoms. The van der Waals surface area contributed by atoms with Crippen molar-refractivity contribution in [1.29, 1.82) is 0 Å². The molecule has 8 heteroatoms. The molecule has 0 aliphatic rings. The Morgan fingerprint density at radius 1 is 1.04 bits per heavy atom. The monoisotopic (exact) mass is 374 g/mol. The minimum atomic E-state index is -4.12. The molecule has 2 N–H and O–H groups in total. The Bertz CT molecular complexity index is 1160. The first-order valence-electron chi connectivity index (χ1n) is 8.11. The van der Waals surface area contributed by atoms with Gasteiger partial charge in [0.1, 0.15) is 10.6 Å². The van der Waals surface area contributed by atoms with Crippen molar-refractivity contribution in [2.75, 3.05) is 0 Å². The molecule has 0 radical (unpaired) electrons. The average Bonchev–Trinajstić information content (AvgIpc) is 2.61. The van der Waals surface area contributed by atoms with Crippen LogP contribution in [0.25, 0.3) is 10.9 Å². The fourth-order valence-corrected chi connectivity index (χ4v) is 3.52. The van der Waals surface area contributed by atoms with Crippen molar-refractivity contribution in [3.8, 4) is 5.75 Å². The Hall–Kier alpha value is -2.87. The number of H-pyrrole nitrogens is 2. The zero-order valence-electron chi connectivity index (χ0n) is 14.3. The summed E-state index contributed by atoms with van der Waals surface area (Å²) in [5.74, 6) is 0.558. The summed E-state index contributed by atoms with van der Waals surface area (Å²) in [6.45, 7) is 4.16. The van der Waals surface area contributed by atoms with E-state index in [2.05, 4.69) is 23.8 Å². The molecule has 0 bridgehead atoms. The van der Waals surface area contributed by atoms with E-state index < -0.39 is 21.4 Å². The van der Waals surface area contributed by atoms with E-state index >= 15 is 0 Å². The first-order chi connectivity index (χ1) is 12.3. The fourth-order valence-electron chi connectivity index (χ4n) is 2.56. The number of nitrogens with one attached hydrogen (secondary N) is 2. The van der Waals surface area contributed by atoms with E-state index in [4.69, 9.17) is 4.18 Å². The highest BCUT2D eigenvalue weighted by Crippen LogP contribution is 2.24. The molecule has 0 fully saturated rings. The Morgan fingerprint density at radius 3 is 2.38 bits per heavy atom. The van der Waals surface area contributed by atoms with Gasteiger partial charge >= 0.3 is 15.8 Å². The van der Waals surface area contributed by atoms with Crippen LogP contribution in [0.3, 0.4) is 0 Å². The summed E-state index contributed by atoms with van der Waals surface area (Å²) < 4.78 is 30.1. The number of fused-ring (bicyclic) bond motifs is 1. The molecular weight excluding hydrogens is 356 g/mol. The lowest BCUT2D eigenvalue weighted by atomic mass is 9.99. The highest BCUT2D eigenvalue weighted by atomic mass is 32.2. The van der Waals surface area contributed by atoms with Crippen LogP contribution in [0.5, 0.6) is 5.75 Å². The average molecular weight is 374 g/mol. The molecule has 1 unspecified atom stereocenters. The van der Waals surface area contributed by atoms with Crippen molar-refractivity contribution >= 4 is 21.0 Å². The standard InChI is InChI=1S/C18H18N2O5S/c1-3-11(2)12-4-6-13(7-5-12)25-26(23,24)14-8-9-16-15(10-14)17(21)20-18(22)19-16/h4-11H,3H2,1-2H3,(H2,19,20,21,22). The number of rotatable bonds is 5. The summed E-state index contributed by atoms with van der Waals surface area (Å²) in [4.78, 5) is 27.4. The number of hydrogen-bond acceptors (Lipinski definition) is 5.